The maximum atomic E-state index is 12.3. The first-order valence-electron chi connectivity index (χ1n) is 4.45. The van der Waals surface area contributed by atoms with Gasteiger partial charge >= 0.3 is 0 Å². The van der Waals surface area contributed by atoms with Crippen LogP contribution in [0.2, 0.25) is 0 Å². The number of alkyl halides is 2. The smallest absolute Gasteiger partial charge is 0.246 e. The summed E-state index contributed by atoms with van der Waals surface area (Å²) < 4.78 is 24.5. The number of rotatable bonds is 4. The van der Waals surface area contributed by atoms with Crippen molar-refractivity contribution in [2.24, 2.45) is 11.7 Å². The van der Waals surface area contributed by atoms with Crippen molar-refractivity contribution in [3.05, 3.63) is 42.0 Å². The standard InChI is InChI=1S/C11H13F2N/c12-11(13)10(8-14)7-6-9-4-2-1-3-5-9/h1-7,10-11H,8,14H2/b7-6+. The van der Waals surface area contributed by atoms with Crippen LogP contribution in [0.1, 0.15) is 5.56 Å². The van der Waals surface area contributed by atoms with Crippen LogP contribution in [0, 0.1) is 5.92 Å². The Kier molecular flexibility index (Phi) is 4.26. The molecule has 0 saturated carbocycles. The van der Waals surface area contributed by atoms with Crippen LogP contribution in [-0.2, 0) is 0 Å². The predicted octanol–water partition coefficient (Wildman–Crippen LogP) is 2.54. The molecule has 3 heteroatoms. The largest absolute Gasteiger partial charge is 0.330 e. The zero-order chi connectivity index (χ0) is 10.4. The molecule has 2 N–H and O–H groups in total. The molecule has 0 aliphatic heterocycles. The van der Waals surface area contributed by atoms with Gasteiger partial charge in [0.25, 0.3) is 0 Å². The summed E-state index contributed by atoms with van der Waals surface area (Å²) in [6, 6.07) is 9.31. The number of benzene rings is 1. The van der Waals surface area contributed by atoms with Gasteiger partial charge in [-0.1, -0.05) is 42.5 Å². The van der Waals surface area contributed by atoms with Crippen molar-refractivity contribution in [3.8, 4) is 0 Å². The average Bonchev–Trinajstić information content (AvgIpc) is 2.20. The molecule has 0 aromatic heterocycles. The van der Waals surface area contributed by atoms with E-state index in [4.69, 9.17) is 5.73 Å². The molecule has 0 radical (unpaired) electrons. The van der Waals surface area contributed by atoms with Crippen LogP contribution in [0.3, 0.4) is 0 Å². The molecule has 0 aliphatic carbocycles. The lowest BCUT2D eigenvalue weighted by Gasteiger charge is -2.07. The molecule has 0 bridgehead atoms. The molecule has 1 rings (SSSR count). The Hall–Kier alpha value is -1.22. The van der Waals surface area contributed by atoms with E-state index in [2.05, 4.69) is 0 Å². The van der Waals surface area contributed by atoms with E-state index in [1.165, 1.54) is 6.08 Å². The average molecular weight is 197 g/mol. The van der Waals surface area contributed by atoms with Crippen molar-refractivity contribution < 1.29 is 8.78 Å². The highest BCUT2D eigenvalue weighted by Gasteiger charge is 2.14. The Labute approximate surface area is 82.2 Å². The highest BCUT2D eigenvalue weighted by molar-refractivity contribution is 5.49. The van der Waals surface area contributed by atoms with Gasteiger partial charge in [-0.05, 0) is 5.56 Å². The second-order valence-corrected chi connectivity index (χ2v) is 3.00. The molecule has 0 fully saturated rings. The van der Waals surface area contributed by atoms with Crippen LogP contribution >= 0.6 is 0 Å². The van der Waals surface area contributed by atoms with Crippen molar-refractivity contribution in [1.82, 2.24) is 0 Å². The number of nitrogens with two attached hydrogens (primary N) is 1. The van der Waals surface area contributed by atoms with E-state index in [1.807, 2.05) is 30.3 Å². The van der Waals surface area contributed by atoms with Crippen molar-refractivity contribution in [2.75, 3.05) is 6.54 Å². The molecular weight excluding hydrogens is 184 g/mol. The van der Waals surface area contributed by atoms with Crippen LogP contribution in [0.15, 0.2) is 36.4 Å². The van der Waals surface area contributed by atoms with Gasteiger partial charge in [0.2, 0.25) is 6.43 Å². The molecule has 1 nitrogen and oxygen atoms in total. The fourth-order valence-corrected chi connectivity index (χ4v) is 1.06. The molecule has 14 heavy (non-hydrogen) atoms. The first-order chi connectivity index (χ1) is 6.74. The minimum atomic E-state index is -2.39. The lowest BCUT2D eigenvalue weighted by atomic mass is 10.1. The summed E-state index contributed by atoms with van der Waals surface area (Å²) in [5.74, 6) is -0.852. The molecule has 1 atom stereocenters. The molecular formula is C11H13F2N. The van der Waals surface area contributed by atoms with Gasteiger partial charge in [-0.2, -0.15) is 0 Å². The summed E-state index contributed by atoms with van der Waals surface area (Å²) in [6.07, 6.45) is 0.740. The Bertz CT molecular complexity index is 283. The maximum absolute atomic E-state index is 12.3. The van der Waals surface area contributed by atoms with E-state index < -0.39 is 12.3 Å². The SMILES string of the molecule is NCC(/C=C/c1ccccc1)C(F)F. The first-order valence-corrected chi connectivity index (χ1v) is 4.45. The fourth-order valence-electron chi connectivity index (χ4n) is 1.06. The zero-order valence-electron chi connectivity index (χ0n) is 7.74. The van der Waals surface area contributed by atoms with Crippen molar-refractivity contribution in [1.29, 1.82) is 0 Å². The molecule has 0 aliphatic rings. The third-order valence-corrected chi connectivity index (χ3v) is 1.93. The van der Waals surface area contributed by atoms with Gasteiger partial charge in [-0.3, -0.25) is 0 Å². The van der Waals surface area contributed by atoms with E-state index in [1.54, 1.807) is 6.08 Å². The van der Waals surface area contributed by atoms with Gasteiger partial charge < -0.3 is 5.73 Å². The Balaban J connectivity index is 2.63. The first kappa shape index (κ1) is 10.9. The zero-order valence-corrected chi connectivity index (χ0v) is 7.74. The van der Waals surface area contributed by atoms with Crippen molar-refractivity contribution in [3.63, 3.8) is 0 Å². The summed E-state index contributed by atoms with van der Waals surface area (Å²) in [5, 5.41) is 0. The van der Waals surface area contributed by atoms with E-state index >= 15 is 0 Å². The highest BCUT2D eigenvalue weighted by atomic mass is 19.3. The lowest BCUT2D eigenvalue weighted by molar-refractivity contribution is 0.104. The number of hydrogen-bond acceptors (Lipinski definition) is 1. The molecule has 76 valence electrons. The minimum absolute atomic E-state index is 0.0268. The molecule has 1 aromatic rings. The monoisotopic (exact) mass is 197 g/mol. The Morgan fingerprint density at radius 3 is 2.36 bits per heavy atom. The summed E-state index contributed by atoms with van der Waals surface area (Å²) >= 11 is 0. The second kappa shape index (κ2) is 5.50. The summed E-state index contributed by atoms with van der Waals surface area (Å²) in [6.45, 7) is -0.0268. The summed E-state index contributed by atoms with van der Waals surface area (Å²) in [7, 11) is 0. The quantitative estimate of drug-likeness (QED) is 0.788. The molecule has 0 saturated heterocycles. The van der Waals surface area contributed by atoms with Gasteiger partial charge in [0.1, 0.15) is 0 Å². The van der Waals surface area contributed by atoms with Gasteiger partial charge in [0, 0.05) is 6.54 Å². The molecule has 0 amide bonds. The fraction of sp³-hybridized carbons (Fsp3) is 0.273. The van der Waals surface area contributed by atoms with Gasteiger partial charge in [-0.15, -0.1) is 0 Å². The molecule has 1 aromatic carbocycles. The van der Waals surface area contributed by atoms with E-state index in [0.29, 0.717) is 0 Å². The lowest BCUT2D eigenvalue weighted by Crippen LogP contribution is -2.19. The molecule has 1 unspecified atom stereocenters. The highest BCUT2D eigenvalue weighted by Crippen LogP contribution is 2.12. The molecule has 0 spiro atoms. The third kappa shape index (κ3) is 3.26. The van der Waals surface area contributed by atoms with Gasteiger partial charge in [-0.25, -0.2) is 8.78 Å². The Morgan fingerprint density at radius 1 is 1.21 bits per heavy atom. The van der Waals surface area contributed by atoms with Gasteiger partial charge in [0.05, 0.1) is 5.92 Å². The van der Waals surface area contributed by atoms with Crippen molar-refractivity contribution in [2.45, 2.75) is 6.43 Å². The molecule has 0 heterocycles. The van der Waals surface area contributed by atoms with E-state index in [0.717, 1.165) is 5.56 Å². The third-order valence-electron chi connectivity index (χ3n) is 1.93. The topological polar surface area (TPSA) is 26.0 Å². The Morgan fingerprint density at radius 2 is 1.86 bits per heavy atom. The summed E-state index contributed by atoms with van der Waals surface area (Å²) in [5.41, 5.74) is 6.12. The van der Waals surface area contributed by atoms with Gasteiger partial charge in [0.15, 0.2) is 0 Å². The maximum Gasteiger partial charge on any atom is 0.246 e. The number of halogens is 2. The van der Waals surface area contributed by atoms with Crippen LogP contribution in [0.4, 0.5) is 8.78 Å². The van der Waals surface area contributed by atoms with Crippen LogP contribution in [-0.4, -0.2) is 13.0 Å². The van der Waals surface area contributed by atoms with Crippen LogP contribution < -0.4 is 5.73 Å². The van der Waals surface area contributed by atoms with Crippen LogP contribution in [0.5, 0.6) is 0 Å². The predicted molar refractivity (Wildman–Crippen MR) is 54.0 cm³/mol. The van der Waals surface area contributed by atoms with E-state index in [-0.39, 0.29) is 6.54 Å². The van der Waals surface area contributed by atoms with E-state index in [9.17, 15) is 8.78 Å². The normalized spacial score (nSPS) is 13.7. The van der Waals surface area contributed by atoms with Crippen LogP contribution in [0.25, 0.3) is 6.08 Å². The second-order valence-electron chi connectivity index (χ2n) is 3.00. The number of hydrogen-bond donors (Lipinski definition) is 1. The van der Waals surface area contributed by atoms with Crippen molar-refractivity contribution >= 4 is 6.08 Å². The minimum Gasteiger partial charge on any atom is -0.330 e. The summed E-state index contributed by atoms with van der Waals surface area (Å²) in [4.78, 5) is 0.